The zero-order valence-electron chi connectivity index (χ0n) is 10.2. The van der Waals surface area contributed by atoms with Crippen LogP contribution in [0.1, 0.15) is 55.2 Å². The van der Waals surface area contributed by atoms with Crippen molar-refractivity contribution in [1.82, 2.24) is 0 Å². The first-order valence-electron chi connectivity index (χ1n) is 6.47. The summed E-state index contributed by atoms with van der Waals surface area (Å²) in [5.74, 6) is 0.648. The average Bonchev–Trinajstić information content (AvgIpc) is 3.11. The maximum atomic E-state index is 10.5. The molecule has 1 aromatic rings. The van der Waals surface area contributed by atoms with Gasteiger partial charge in [0.1, 0.15) is 0 Å². The van der Waals surface area contributed by atoms with Crippen molar-refractivity contribution < 1.29 is 4.79 Å². The Bertz CT molecular complexity index is 496. The fourth-order valence-electron chi connectivity index (χ4n) is 3.00. The van der Waals surface area contributed by atoms with Gasteiger partial charge in [-0.1, -0.05) is 25.1 Å². The molecule has 1 fully saturated rings. The maximum Gasteiger partial charge on any atom is 0.235 e. The Morgan fingerprint density at radius 1 is 1.41 bits per heavy atom. The zero-order valence-corrected chi connectivity index (χ0v) is 10.2. The molecular formula is C15H17NO. The summed E-state index contributed by atoms with van der Waals surface area (Å²) >= 11 is 0. The number of hydrogen-bond donors (Lipinski definition) is 0. The Morgan fingerprint density at radius 2 is 2.24 bits per heavy atom. The zero-order chi connectivity index (χ0) is 11.9. The lowest BCUT2D eigenvalue weighted by molar-refractivity contribution is 0.555. The van der Waals surface area contributed by atoms with E-state index in [-0.39, 0.29) is 5.54 Å². The fourth-order valence-corrected chi connectivity index (χ4v) is 3.00. The highest BCUT2D eigenvalue weighted by Gasteiger charge is 2.45. The van der Waals surface area contributed by atoms with Crippen LogP contribution in [0, 0.1) is 0 Å². The van der Waals surface area contributed by atoms with E-state index in [1.54, 1.807) is 6.08 Å². The van der Waals surface area contributed by atoms with Crippen LogP contribution < -0.4 is 0 Å². The van der Waals surface area contributed by atoms with Crippen molar-refractivity contribution in [2.45, 2.75) is 50.5 Å². The van der Waals surface area contributed by atoms with Crippen molar-refractivity contribution in [2.75, 3.05) is 0 Å². The molecule has 2 aliphatic carbocycles. The molecule has 2 heteroatoms. The number of aryl methyl sites for hydroxylation is 1. The Hall–Kier alpha value is -1.40. The van der Waals surface area contributed by atoms with Crippen LogP contribution in [0.3, 0.4) is 0 Å². The Balaban J connectivity index is 2.03. The maximum absolute atomic E-state index is 10.5. The minimum atomic E-state index is -0.214. The van der Waals surface area contributed by atoms with Gasteiger partial charge in [0, 0.05) is 0 Å². The highest BCUT2D eigenvalue weighted by Crippen LogP contribution is 2.50. The highest BCUT2D eigenvalue weighted by molar-refractivity contribution is 5.45. The summed E-state index contributed by atoms with van der Waals surface area (Å²) < 4.78 is 0. The van der Waals surface area contributed by atoms with Gasteiger partial charge < -0.3 is 0 Å². The van der Waals surface area contributed by atoms with Crippen molar-refractivity contribution in [3.63, 3.8) is 0 Å². The second kappa shape index (κ2) is 3.82. The SMILES string of the molecule is CC1CCCc2ccc(C3(N=C=O)CC3)cc21. The summed E-state index contributed by atoms with van der Waals surface area (Å²) in [6.07, 6.45) is 7.50. The topological polar surface area (TPSA) is 29.4 Å². The number of benzene rings is 1. The number of nitrogens with zero attached hydrogens (tertiary/aromatic N) is 1. The second-order valence-corrected chi connectivity index (χ2v) is 5.44. The molecule has 0 bridgehead atoms. The number of rotatable bonds is 2. The van der Waals surface area contributed by atoms with Gasteiger partial charge in [0.05, 0.1) is 5.54 Å². The van der Waals surface area contributed by atoms with E-state index in [4.69, 9.17) is 0 Å². The molecule has 0 radical (unpaired) electrons. The molecule has 2 aliphatic rings. The van der Waals surface area contributed by atoms with Crippen LogP contribution in [0.4, 0.5) is 0 Å². The lowest BCUT2D eigenvalue weighted by Crippen LogP contribution is -2.10. The van der Waals surface area contributed by atoms with Crippen LogP contribution in [0.5, 0.6) is 0 Å². The van der Waals surface area contributed by atoms with E-state index in [0.29, 0.717) is 5.92 Å². The first kappa shape index (κ1) is 10.7. The molecule has 1 aromatic carbocycles. The minimum absolute atomic E-state index is 0.214. The van der Waals surface area contributed by atoms with Gasteiger partial charge in [-0.25, -0.2) is 4.79 Å². The van der Waals surface area contributed by atoms with Crippen LogP contribution in [0.25, 0.3) is 0 Å². The van der Waals surface area contributed by atoms with E-state index in [1.165, 1.54) is 36.0 Å². The molecule has 0 aliphatic heterocycles. The molecule has 88 valence electrons. The lowest BCUT2D eigenvalue weighted by atomic mass is 9.82. The van der Waals surface area contributed by atoms with Crippen molar-refractivity contribution in [2.24, 2.45) is 4.99 Å². The van der Waals surface area contributed by atoms with Gasteiger partial charge in [0.25, 0.3) is 0 Å². The van der Waals surface area contributed by atoms with Gasteiger partial charge in [-0.3, -0.25) is 0 Å². The molecule has 1 saturated carbocycles. The lowest BCUT2D eigenvalue weighted by Gasteiger charge is -2.24. The number of hydrogen-bond acceptors (Lipinski definition) is 2. The number of fused-ring (bicyclic) bond motifs is 1. The molecule has 1 unspecified atom stereocenters. The Morgan fingerprint density at radius 3 is 2.94 bits per heavy atom. The third kappa shape index (κ3) is 1.73. The van der Waals surface area contributed by atoms with E-state index >= 15 is 0 Å². The summed E-state index contributed by atoms with van der Waals surface area (Å²) in [5, 5.41) is 0. The molecule has 2 nitrogen and oxygen atoms in total. The predicted octanol–water partition coefficient (Wildman–Crippen LogP) is 3.45. The quantitative estimate of drug-likeness (QED) is 0.562. The van der Waals surface area contributed by atoms with E-state index in [2.05, 4.69) is 30.1 Å². The number of aliphatic imine (C=N–C) groups is 1. The van der Waals surface area contributed by atoms with Crippen LogP contribution in [-0.4, -0.2) is 6.08 Å². The fraction of sp³-hybridized carbons (Fsp3) is 0.533. The minimum Gasteiger partial charge on any atom is -0.211 e. The molecule has 17 heavy (non-hydrogen) atoms. The van der Waals surface area contributed by atoms with Crippen LogP contribution in [0.2, 0.25) is 0 Å². The van der Waals surface area contributed by atoms with Gasteiger partial charge in [0.15, 0.2) is 0 Å². The summed E-state index contributed by atoms with van der Waals surface area (Å²) in [5.41, 5.74) is 3.96. The predicted molar refractivity (Wildman–Crippen MR) is 66.8 cm³/mol. The first-order chi connectivity index (χ1) is 8.25. The Labute approximate surface area is 102 Å². The molecule has 0 heterocycles. The highest BCUT2D eigenvalue weighted by atomic mass is 16.1. The van der Waals surface area contributed by atoms with Gasteiger partial charge >= 0.3 is 0 Å². The largest absolute Gasteiger partial charge is 0.235 e. The van der Waals surface area contributed by atoms with E-state index in [1.807, 2.05) is 0 Å². The van der Waals surface area contributed by atoms with E-state index in [9.17, 15) is 4.79 Å². The summed E-state index contributed by atoms with van der Waals surface area (Å²) in [7, 11) is 0. The van der Waals surface area contributed by atoms with Crippen molar-refractivity contribution in [3.05, 3.63) is 34.9 Å². The summed E-state index contributed by atoms with van der Waals surface area (Å²) in [4.78, 5) is 14.5. The average molecular weight is 227 g/mol. The number of isocyanates is 1. The van der Waals surface area contributed by atoms with Crippen LogP contribution >= 0.6 is 0 Å². The van der Waals surface area contributed by atoms with Gasteiger partial charge in [-0.15, -0.1) is 0 Å². The van der Waals surface area contributed by atoms with Crippen molar-refractivity contribution in [3.8, 4) is 0 Å². The third-order valence-electron chi connectivity index (χ3n) is 4.28. The summed E-state index contributed by atoms with van der Waals surface area (Å²) in [6.45, 7) is 2.30. The van der Waals surface area contributed by atoms with Crippen LogP contribution in [0.15, 0.2) is 23.2 Å². The summed E-state index contributed by atoms with van der Waals surface area (Å²) in [6, 6.07) is 6.68. The van der Waals surface area contributed by atoms with Crippen molar-refractivity contribution >= 4 is 6.08 Å². The van der Waals surface area contributed by atoms with E-state index < -0.39 is 0 Å². The second-order valence-electron chi connectivity index (χ2n) is 5.44. The van der Waals surface area contributed by atoms with Crippen LogP contribution in [-0.2, 0) is 16.8 Å². The monoisotopic (exact) mass is 227 g/mol. The molecule has 1 atom stereocenters. The molecule has 3 rings (SSSR count). The van der Waals surface area contributed by atoms with E-state index in [0.717, 1.165) is 12.8 Å². The molecule has 0 saturated heterocycles. The third-order valence-corrected chi connectivity index (χ3v) is 4.28. The van der Waals surface area contributed by atoms with Crippen molar-refractivity contribution in [1.29, 1.82) is 0 Å². The normalized spacial score (nSPS) is 24.6. The number of carbonyl (C=O) groups excluding carboxylic acids is 1. The molecule has 0 N–H and O–H groups in total. The smallest absolute Gasteiger partial charge is 0.211 e. The van der Waals surface area contributed by atoms with Gasteiger partial charge in [-0.2, -0.15) is 4.99 Å². The standard InChI is InChI=1S/C15H17NO/c1-11-3-2-4-12-5-6-13(9-14(11)12)15(7-8-15)16-10-17/h5-6,9,11H,2-4,7-8H2,1H3. The molecular weight excluding hydrogens is 210 g/mol. The molecule has 0 amide bonds. The van der Waals surface area contributed by atoms with Gasteiger partial charge in [0.2, 0.25) is 6.08 Å². The Kier molecular flexibility index (Phi) is 2.41. The molecule has 0 aromatic heterocycles. The first-order valence-corrected chi connectivity index (χ1v) is 6.47. The van der Waals surface area contributed by atoms with Gasteiger partial charge in [-0.05, 0) is 54.7 Å². The molecule has 0 spiro atoms.